The average Bonchev–Trinajstić information content (AvgIpc) is 2.39. The Morgan fingerprint density at radius 3 is 2.17 bits per heavy atom. The summed E-state index contributed by atoms with van der Waals surface area (Å²) in [6.45, 7) is 2.88. The molecule has 0 spiro atoms. The fraction of sp³-hybridized carbons (Fsp3) is 0.467. The number of nitrogens with zero attached hydrogens (tertiary/aromatic N) is 1. The van der Waals surface area contributed by atoms with Gasteiger partial charge in [0, 0.05) is 18.8 Å². The van der Waals surface area contributed by atoms with E-state index in [4.69, 9.17) is 0 Å². The maximum absolute atomic E-state index is 11.9. The number of hydrogen-bond donors (Lipinski definition) is 2. The Balaban J connectivity index is 2.45. The molecule has 0 unspecified atom stereocenters. The predicted molar refractivity (Wildman–Crippen MR) is 90.0 cm³/mol. The van der Waals surface area contributed by atoms with Crippen LogP contribution in [-0.4, -0.2) is 63.8 Å². The Kier molecular flexibility index (Phi) is 7.18. The molecule has 2 N–H and O–H groups in total. The first-order chi connectivity index (χ1) is 10.7. The molecule has 0 saturated heterocycles. The molecule has 0 heterocycles. The number of carbonyl (C=O) groups is 2. The van der Waals surface area contributed by atoms with Gasteiger partial charge in [0.05, 0.1) is 0 Å². The van der Waals surface area contributed by atoms with E-state index in [2.05, 4.69) is 10.6 Å². The van der Waals surface area contributed by atoms with Gasteiger partial charge in [-0.3, -0.25) is 9.59 Å². The van der Waals surface area contributed by atoms with E-state index < -0.39 is 33.2 Å². The van der Waals surface area contributed by atoms with Crippen molar-refractivity contribution in [2.75, 3.05) is 44.0 Å². The van der Waals surface area contributed by atoms with E-state index in [1.54, 1.807) is 12.1 Å². The zero-order valence-electron chi connectivity index (χ0n) is 13.6. The summed E-state index contributed by atoms with van der Waals surface area (Å²) in [6.07, 6.45) is 0. The third-order valence-corrected chi connectivity index (χ3v) is 4.32. The molecule has 0 aromatic heterocycles. The molecule has 0 fully saturated rings. The largest absolute Gasteiger partial charge is 0.354 e. The van der Waals surface area contributed by atoms with Gasteiger partial charge in [-0.25, -0.2) is 8.42 Å². The topological polar surface area (TPSA) is 95.6 Å². The summed E-state index contributed by atoms with van der Waals surface area (Å²) in [5, 5.41) is 5.01. The van der Waals surface area contributed by atoms with Crippen LogP contribution in [0, 0.1) is 6.92 Å². The van der Waals surface area contributed by atoms with Gasteiger partial charge in [0.25, 0.3) is 0 Å². The Hall–Kier alpha value is -1.93. The summed E-state index contributed by atoms with van der Waals surface area (Å²) in [6, 6.07) is 6.99. The molecule has 8 heteroatoms. The molecule has 0 atom stereocenters. The van der Waals surface area contributed by atoms with Gasteiger partial charge in [0.2, 0.25) is 11.8 Å². The van der Waals surface area contributed by atoms with Crippen LogP contribution in [0.1, 0.15) is 5.56 Å². The second kappa shape index (κ2) is 8.64. The number of nitrogens with one attached hydrogen (secondary N) is 2. The maximum atomic E-state index is 11.9. The molecule has 128 valence electrons. The Morgan fingerprint density at radius 2 is 1.61 bits per heavy atom. The molecule has 2 amide bonds. The van der Waals surface area contributed by atoms with Crippen LogP contribution in [-0.2, 0) is 19.4 Å². The van der Waals surface area contributed by atoms with Crippen molar-refractivity contribution in [3.8, 4) is 0 Å². The number of hydrogen-bond acceptors (Lipinski definition) is 5. The highest BCUT2D eigenvalue weighted by Crippen LogP contribution is 2.08. The van der Waals surface area contributed by atoms with Gasteiger partial charge < -0.3 is 15.5 Å². The molecular weight excluding hydrogens is 318 g/mol. The highest BCUT2D eigenvalue weighted by atomic mass is 32.2. The standard InChI is InChI=1S/C15H23N3O4S/c1-12-4-6-13(7-5-12)17-15(20)11-23(21,22)10-14(19)16-8-9-18(2)3/h4-7H,8-11H2,1-3H3,(H,16,19)(H,17,20). The number of carbonyl (C=O) groups excluding carboxylic acids is 2. The second-order valence-corrected chi connectivity index (χ2v) is 7.66. The van der Waals surface area contributed by atoms with Gasteiger partial charge in [-0.2, -0.15) is 0 Å². The lowest BCUT2D eigenvalue weighted by molar-refractivity contribution is -0.118. The number of benzene rings is 1. The molecule has 7 nitrogen and oxygen atoms in total. The van der Waals surface area contributed by atoms with Crippen molar-refractivity contribution in [2.45, 2.75) is 6.92 Å². The molecule has 0 aliphatic carbocycles. The van der Waals surface area contributed by atoms with Gasteiger partial charge >= 0.3 is 0 Å². The lowest BCUT2D eigenvalue weighted by Gasteiger charge is -2.10. The third-order valence-electron chi connectivity index (χ3n) is 2.92. The first kappa shape index (κ1) is 19.1. The first-order valence-electron chi connectivity index (χ1n) is 7.16. The Bertz CT molecular complexity index is 639. The van der Waals surface area contributed by atoms with E-state index in [0.29, 0.717) is 18.8 Å². The number of amides is 2. The van der Waals surface area contributed by atoms with Crippen molar-refractivity contribution in [3.05, 3.63) is 29.8 Å². The van der Waals surface area contributed by atoms with Gasteiger partial charge in [-0.15, -0.1) is 0 Å². The SMILES string of the molecule is Cc1ccc(NC(=O)CS(=O)(=O)CC(=O)NCCN(C)C)cc1. The number of rotatable bonds is 8. The van der Waals surface area contributed by atoms with Crippen molar-refractivity contribution in [2.24, 2.45) is 0 Å². The summed E-state index contributed by atoms with van der Waals surface area (Å²) in [4.78, 5) is 25.2. The molecule has 1 rings (SSSR count). The molecule has 23 heavy (non-hydrogen) atoms. The van der Waals surface area contributed by atoms with Crippen LogP contribution in [0.25, 0.3) is 0 Å². The van der Waals surface area contributed by atoms with E-state index >= 15 is 0 Å². The third kappa shape index (κ3) is 8.32. The quantitative estimate of drug-likeness (QED) is 0.695. The fourth-order valence-corrected chi connectivity index (χ4v) is 2.83. The van der Waals surface area contributed by atoms with Gasteiger partial charge in [0.1, 0.15) is 11.5 Å². The van der Waals surface area contributed by atoms with Crippen LogP contribution >= 0.6 is 0 Å². The molecule has 0 bridgehead atoms. The molecular formula is C15H23N3O4S. The summed E-state index contributed by atoms with van der Waals surface area (Å²) in [5.41, 5.74) is 1.55. The lowest BCUT2D eigenvalue weighted by atomic mass is 10.2. The van der Waals surface area contributed by atoms with Crippen molar-refractivity contribution >= 4 is 27.3 Å². The van der Waals surface area contributed by atoms with E-state index in [9.17, 15) is 18.0 Å². The normalized spacial score (nSPS) is 11.3. The van der Waals surface area contributed by atoms with Gasteiger partial charge in [-0.05, 0) is 33.2 Å². The molecule has 1 aromatic rings. The average molecular weight is 341 g/mol. The minimum absolute atomic E-state index is 0.358. The Morgan fingerprint density at radius 1 is 1.04 bits per heavy atom. The smallest absolute Gasteiger partial charge is 0.239 e. The summed E-state index contributed by atoms with van der Waals surface area (Å²) in [5.74, 6) is -2.67. The van der Waals surface area contributed by atoms with Crippen LogP contribution in [0.2, 0.25) is 0 Å². The summed E-state index contributed by atoms with van der Waals surface area (Å²) >= 11 is 0. The van der Waals surface area contributed by atoms with Crippen LogP contribution in [0.3, 0.4) is 0 Å². The summed E-state index contributed by atoms with van der Waals surface area (Å²) in [7, 11) is -0.106. The number of aryl methyl sites for hydroxylation is 1. The molecule has 0 radical (unpaired) electrons. The van der Waals surface area contributed by atoms with Crippen LogP contribution in [0.15, 0.2) is 24.3 Å². The van der Waals surface area contributed by atoms with Crippen molar-refractivity contribution in [1.29, 1.82) is 0 Å². The molecule has 0 saturated carbocycles. The molecule has 1 aromatic carbocycles. The number of anilines is 1. The van der Waals surface area contributed by atoms with Crippen molar-refractivity contribution in [1.82, 2.24) is 10.2 Å². The minimum atomic E-state index is -3.80. The van der Waals surface area contributed by atoms with E-state index in [1.165, 1.54) is 0 Å². The lowest BCUT2D eigenvalue weighted by Crippen LogP contribution is -2.37. The van der Waals surface area contributed by atoms with Gasteiger partial charge in [-0.1, -0.05) is 17.7 Å². The fourth-order valence-electron chi connectivity index (χ4n) is 1.75. The number of sulfone groups is 1. The molecule has 0 aliphatic heterocycles. The van der Waals surface area contributed by atoms with Crippen LogP contribution < -0.4 is 10.6 Å². The highest BCUT2D eigenvalue weighted by molar-refractivity contribution is 7.92. The van der Waals surface area contributed by atoms with E-state index in [1.807, 2.05) is 38.1 Å². The highest BCUT2D eigenvalue weighted by Gasteiger charge is 2.20. The molecule has 0 aliphatic rings. The monoisotopic (exact) mass is 341 g/mol. The van der Waals surface area contributed by atoms with E-state index in [-0.39, 0.29) is 0 Å². The van der Waals surface area contributed by atoms with E-state index in [0.717, 1.165) is 5.56 Å². The predicted octanol–water partition coefficient (Wildman–Crippen LogP) is 0.0261. The summed E-state index contributed by atoms with van der Waals surface area (Å²) < 4.78 is 23.7. The minimum Gasteiger partial charge on any atom is -0.354 e. The van der Waals surface area contributed by atoms with Crippen molar-refractivity contribution < 1.29 is 18.0 Å². The van der Waals surface area contributed by atoms with Crippen LogP contribution in [0.5, 0.6) is 0 Å². The van der Waals surface area contributed by atoms with Crippen LogP contribution in [0.4, 0.5) is 5.69 Å². The van der Waals surface area contributed by atoms with Crippen molar-refractivity contribution in [3.63, 3.8) is 0 Å². The zero-order valence-corrected chi connectivity index (χ0v) is 14.4. The first-order valence-corrected chi connectivity index (χ1v) is 8.98. The number of likely N-dealkylation sites (N-methyl/N-ethyl adjacent to an activating group) is 1. The second-order valence-electron chi connectivity index (χ2n) is 5.60. The maximum Gasteiger partial charge on any atom is 0.239 e. The zero-order chi connectivity index (χ0) is 17.5. The Labute approximate surface area is 137 Å². The van der Waals surface area contributed by atoms with Gasteiger partial charge in [0.15, 0.2) is 9.84 Å².